The Bertz CT molecular complexity index is 444. The van der Waals surface area contributed by atoms with Crippen molar-refractivity contribution in [3.63, 3.8) is 0 Å². The number of hydrogen-bond donors (Lipinski definition) is 3. The molecule has 1 aromatic rings. The predicted octanol–water partition coefficient (Wildman–Crippen LogP) is 1.79. The minimum Gasteiger partial charge on any atom is -0.468 e. The lowest BCUT2D eigenvalue weighted by molar-refractivity contribution is 0.0456. The quantitative estimate of drug-likeness (QED) is 0.548. The van der Waals surface area contributed by atoms with Gasteiger partial charge in [0.25, 0.3) is 0 Å². The zero-order valence-corrected chi connectivity index (χ0v) is 11.9. The molecule has 4 nitrogen and oxygen atoms in total. The maximum atomic E-state index is 10.9. The van der Waals surface area contributed by atoms with Crippen molar-refractivity contribution in [3.05, 3.63) is 42.0 Å². The average molecular weight is 277 g/mol. The molecule has 110 valence electrons. The molecule has 0 saturated heterocycles. The van der Waals surface area contributed by atoms with Gasteiger partial charge < -0.3 is 20.3 Å². The second-order valence-electron chi connectivity index (χ2n) is 5.24. The fourth-order valence-electron chi connectivity index (χ4n) is 2.82. The summed E-state index contributed by atoms with van der Waals surface area (Å²) in [5.74, 6) is 0.637. The van der Waals surface area contributed by atoms with Crippen molar-refractivity contribution in [1.29, 1.82) is 0 Å². The molecule has 0 radical (unpaired) electrons. The van der Waals surface area contributed by atoms with Crippen molar-refractivity contribution >= 4 is 0 Å². The van der Waals surface area contributed by atoms with Gasteiger partial charge in [-0.25, -0.2) is 0 Å². The molecule has 1 aliphatic rings. The molecule has 0 fully saturated rings. The molecule has 0 aromatic heterocycles. The minimum atomic E-state index is -0.791. The fourth-order valence-corrected chi connectivity index (χ4v) is 2.82. The first kappa shape index (κ1) is 15.0. The van der Waals surface area contributed by atoms with E-state index in [2.05, 4.69) is 11.4 Å². The molecular weight excluding hydrogens is 254 g/mol. The summed E-state index contributed by atoms with van der Waals surface area (Å²) in [6.07, 6.45) is 6.84. The SMILES string of the molecule is CNCC(c1ccc(OCO)cc1)C1(O)C=CCCC1. The Morgan fingerprint density at radius 1 is 1.35 bits per heavy atom. The van der Waals surface area contributed by atoms with Gasteiger partial charge in [0.05, 0.1) is 5.60 Å². The van der Waals surface area contributed by atoms with E-state index in [1.807, 2.05) is 37.4 Å². The van der Waals surface area contributed by atoms with Gasteiger partial charge in [-0.1, -0.05) is 24.3 Å². The van der Waals surface area contributed by atoms with Gasteiger partial charge in [-0.15, -0.1) is 0 Å². The van der Waals surface area contributed by atoms with Gasteiger partial charge in [0.2, 0.25) is 0 Å². The fraction of sp³-hybridized carbons (Fsp3) is 0.500. The monoisotopic (exact) mass is 277 g/mol. The first-order valence-electron chi connectivity index (χ1n) is 7.08. The van der Waals surface area contributed by atoms with E-state index < -0.39 is 5.60 Å². The van der Waals surface area contributed by atoms with Crippen LogP contribution in [0.3, 0.4) is 0 Å². The number of hydrogen-bond acceptors (Lipinski definition) is 4. The van der Waals surface area contributed by atoms with Gasteiger partial charge in [0.15, 0.2) is 6.79 Å². The van der Waals surface area contributed by atoms with Crippen LogP contribution in [-0.2, 0) is 0 Å². The van der Waals surface area contributed by atoms with Crippen LogP contribution in [0.1, 0.15) is 30.7 Å². The van der Waals surface area contributed by atoms with E-state index in [1.165, 1.54) is 0 Å². The molecule has 0 heterocycles. The van der Waals surface area contributed by atoms with Gasteiger partial charge in [0.1, 0.15) is 5.75 Å². The molecule has 4 heteroatoms. The number of likely N-dealkylation sites (N-methyl/N-ethyl adjacent to an activating group) is 1. The Morgan fingerprint density at radius 3 is 2.65 bits per heavy atom. The summed E-state index contributed by atoms with van der Waals surface area (Å²) in [5, 5.41) is 22.8. The first-order chi connectivity index (χ1) is 9.69. The highest BCUT2D eigenvalue weighted by Gasteiger charge is 2.35. The van der Waals surface area contributed by atoms with E-state index in [1.54, 1.807) is 0 Å². The van der Waals surface area contributed by atoms with Crippen molar-refractivity contribution in [2.45, 2.75) is 30.8 Å². The van der Waals surface area contributed by atoms with E-state index >= 15 is 0 Å². The van der Waals surface area contributed by atoms with Crippen LogP contribution in [0.25, 0.3) is 0 Å². The largest absolute Gasteiger partial charge is 0.468 e. The zero-order valence-electron chi connectivity index (χ0n) is 11.9. The molecule has 0 amide bonds. The van der Waals surface area contributed by atoms with Crippen molar-refractivity contribution in [3.8, 4) is 5.75 Å². The summed E-state index contributed by atoms with van der Waals surface area (Å²) in [6.45, 7) is 0.382. The van der Waals surface area contributed by atoms with E-state index in [0.717, 1.165) is 24.8 Å². The maximum Gasteiger partial charge on any atom is 0.186 e. The lowest BCUT2D eigenvalue weighted by atomic mass is 9.76. The van der Waals surface area contributed by atoms with Crippen molar-refractivity contribution in [1.82, 2.24) is 5.32 Å². The van der Waals surface area contributed by atoms with Crippen LogP contribution in [0.2, 0.25) is 0 Å². The molecule has 0 bridgehead atoms. The standard InChI is InChI=1S/C16H23NO3/c1-17-11-15(16(19)9-3-2-4-10-16)13-5-7-14(8-6-13)20-12-18/h3,5-9,15,17-19H,2,4,10-12H2,1H3. The van der Waals surface area contributed by atoms with Crippen LogP contribution in [0, 0.1) is 0 Å². The zero-order chi connectivity index (χ0) is 14.4. The average Bonchev–Trinajstić information content (AvgIpc) is 2.47. The van der Waals surface area contributed by atoms with Gasteiger partial charge in [-0.05, 0) is 44.0 Å². The van der Waals surface area contributed by atoms with E-state index in [0.29, 0.717) is 12.3 Å². The smallest absolute Gasteiger partial charge is 0.186 e. The van der Waals surface area contributed by atoms with Gasteiger partial charge >= 0.3 is 0 Å². The number of ether oxygens (including phenoxy) is 1. The molecule has 2 unspecified atom stereocenters. The topological polar surface area (TPSA) is 61.7 Å². The summed E-state index contributed by atoms with van der Waals surface area (Å²) < 4.78 is 5.03. The van der Waals surface area contributed by atoms with Crippen molar-refractivity contribution < 1.29 is 14.9 Å². The molecule has 3 N–H and O–H groups in total. The van der Waals surface area contributed by atoms with Gasteiger partial charge in [-0.2, -0.15) is 0 Å². The van der Waals surface area contributed by atoms with Crippen LogP contribution in [0.4, 0.5) is 0 Å². The van der Waals surface area contributed by atoms with E-state index in [-0.39, 0.29) is 12.7 Å². The Morgan fingerprint density at radius 2 is 2.10 bits per heavy atom. The second kappa shape index (κ2) is 6.88. The van der Waals surface area contributed by atoms with Gasteiger partial charge in [-0.3, -0.25) is 0 Å². The molecule has 0 saturated carbocycles. The van der Waals surface area contributed by atoms with Crippen molar-refractivity contribution in [2.24, 2.45) is 0 Å². The molecule has 2 rings (SSSR count). The lowest BCUT2D eigenvalue weighted by Gasteiger charge is -2.36. The molecule has 0 aliphatic heterocycles. The number of aliphatic hydroxyl groups excluding tert-OH is 1. The summed E-state index contributed by atoms with van der Waals surface area (Å²) >= 11 is 0. The van der Waals surface area contributed by atoms with Crippen LogP contribution in [0.5, 0.6) is 5.75 Å². The Hall–Kier alpha value is -1.36. The lowest BCUT2D eigenvalue weighted by Crippen LogP contribution is -2.40. The maximum absolute atomic E-state index is 10.9. The highest BCUT2D eigenvalue weighted by atomic mass is 16.6. The van der Waals surface area contributed by atoms with Crippen LogP contribution in [0.15, 0.2) is 36.4 Å². The third-order valence-corrected chi connectivity index (χ3v) is 3.88. The highest BCUT2D eigenvalue weighted by molar-refractivity contribution is 5.33. The van der Waals surface area contributed by atoms with Crippen molar-refractivity contribution in [2.75, 3.05) is 20.4 Å². The molecule has 20 heavy (non-hydrogen) atoms. The summed E-state index contributed by atoms with van der Waals surface area (Å²) in [7, 11) is 1.89. The normalized spacial score (nSPS) is 23.6. The van der Waals surface area contributed by atoms with Crippen LogP contribution < -0.4 is 10.1 Å². The number of aliphatic hydroxyl groups is 2. The number of benzene rings is 1. The number of rotatable bonds is 6. The Kier molecular flexibility index (Phi) is 5.17. The second-order valence-corrected chi connectivity index (χ2v) is 5.24. The van der Waals surface area contributed by atoms with Crippen LogP contribution >= 0.6 is 0 Å². The third-order valence-electron chi connectivity index (χ3n) is 3.88. The third kappa shape index (κ3) is 3.39. The van der Waals surface area contributed by atoms with E-state index in [9.17, 15) is 5.11 Å². The highest BCUT2D eigenvalue weighted by Crippen LogP contribution is 2.36. The van der Waals surface area contributed by atoms with Gasteiger partial charge in [0, 0.05) is 12.5 Å². The molecule has 2 atom stereocenters. The summed E-state index contributed by atoms with van der Waals surface area (Å²) in [4.78, 5) is 0. The Balaban J connectivity index is 2.23. The predicted molar refractivity (Wildman–Crippen MR) is 78.8 cm³/mol. The molecular formula is C16H23NO3. The Labute approximate surface area is 120 Å². The van der Waals surface area contributed by atoms with E-state index in [4.69, 9.17) is 9.84 Å². The van der Waals surface area contributed by atoms with Crippen LogP contribution in [-0.4, -0.2) is 36.2 Å². The molecule has 1 aromatic carbocycles. The minimum absolute atomic E-state index is 0.00669. The number of allylic oxidation sites excluding steroid dienone is 1. The summed E-state index contributed by atoms with van der Waals surface area (Å²) in [5.41, 5.74) is 0.277. The summed E-state index contributed by atoms with van der Waals surface area (Å²) in [6, 6.07) is 7.55. The number of nitrogens with one attached hydrogen (secondary N) is 1. The molecule has 1 aliphatic carbocycles. The first-order valence-corrected chi connectivity index (χ1v) is 7.08. The molecule has 0 spiro atoms.